The van der Waals surface area contributed by atoms with E-state index in [1.165, 1.54) is 6.07 Å². The summed E-state index contributed by atoms with van der Waals surface area (Å²) in [5.74, 6) is 0. The molecule has 0 saturated carbocycles. The van der Waals surface area contributed by atoms with Gasteiger partial charge in [-0.05, 0) is 30.7 Å². The second-order valence-corrected chi connectivity index (χ2v) is 4.70. The van der Waals surface area contributed by atoms with E-state index in [1.807, 2.05) is 37.3 Å². The van der Waals surface area contributed by atoms with Crippen molar-refractivity contribution in [3.63, 3.8) is 0 Å². The highest BCUT2D eigenvalue weighted by Gasteiger charge is 2.06. The SMILES string of the molecule is CCc1cc(N)cc(=O)n1-c1cccc(Br)c1. The third-order valence-corrected chi connectivity index (χ3v) is 3.05. The zero-order valence-electron chi connectivity index (χ0n) is 9.48. The summed E-state index contributed by atoms with van der Waals surface area (Å²) in [4.78, 5) is 12.0. The highest BCUT2D eigenvalue weighted by Crippen LogP contribution is 2.17. The quantitative estimate of drug-likeness (QED) is 0.925. The van der Waals surface area contributed by atoms with Crippen LogP contribution in [0.3, 0.4) is 0 Å². The molecule has 0 aliphatic carbocycles. The van der Waals surface area contributed by atoms with Crippen LogP contribution >= 0.6 is 15.9 Å². The monoisotopic (exact) mass is 292 g/mol. The van der Waals surface area contributed by atoms with Gasteiger partial charge in [0.2, 0.25) is 0 Å². The molecule has 3 nitrogen and oxygen atoms in total. The number of anilines is 1. The maximum atomic E-state index is 12.0. The number of aryl methyl sites for hydroxylation is 1. The molecule has 0 fully saturated rings. The fourth-order valence-corrected chi connectivity index (χ4v) is 2.20. The van der Waals surface area contributed by atoms with Gasteiger partial charge < -0.3 is 5.73 Å². The van der Waals surface area contributed by atoms with Crippen LogP contribution in [0.25, 0.3) is 5.69 Å². The summed E-state index contributed by atoms with van der Waals surface area (Å²) in [5, 5.41) is 0. The number of pyridine rings is 1. The summed E-state index contributed by atoms with van der Waals surface area (Å²) in [5.41, 5.74) is 7.86. The van der Waals surface area contributed by atoms with E-state index < -0.39 is 0 Å². The van der Waals surface area contributed by atoms with Crippen LogP contribution < -0.4 is 11.3 Å². The summed E-state index contributed by atoms with van der Waals surface area (Å²) < 4.78 is 2.63. The van der Waals surface area contributed by atoms with Gasteiger partial charge in [0.15, 0.2) is 0 Å². The Morgan fingerprint density at radius 1 is 1.29 bits per heavy atom. The van der Waals surface area contributed by atoms with Gasteiger partial charge in [0.1, 0.15) is 0 Å². The lowest BCUT2D eigenvalue weighted by Crippen LogP contribution is -2.21. The summed E-state index contributed by atoms with van der Waals surface area (Å²) in [6.07, 6.45) is 0.757. The van der Waals surface area contributed by atoms with Gasteiger partial charge in [0.05, 0.1) is 0 Å². The van der Waals surface area contributed by atoms with E-state index >= 15 is 0 Å². The van der Waals surface area contributed by atoms with E-state index in [4.69, 9.17) is 5.73 Å². The largest absolute Gasteiger partial charge is 0.399 e. The Hall–Kier alpha value is -1.55. The second kappa shape index (κ2) is 4.75. The molecule has 2 rings (SSSR count). The first-order valence-corrected chi connectivity index (χ1v) is 6.18. The molecule has 0 atom stereocenters. The van der Waals surface area contributed by atoms with Crippen molar-refractivity contribution in [3.05, 3.63) is 56.9 Å². The van der Waals surface area contributed by atoms with Gasteiger partial charge in [-0.15, -0.1) is 0 Å². The van der Waals surface area contributed by atoms with Gasteiger partial charge in [-0.1, -0.05) is 28.9 Å². The topological polar surface area (TPSA) is 48.0 Å². The molecule has 0 amide bonds. The Labute approximate surface area is 108 Å². The van der Waals surface area contributed by atoms with Crippen molar-refractivity contribution in [2.24, 2.45) is 0 Å². The molecule has 1 heterocycles. The molecule has 1 aromatic carbocycles. The molecule has 0 aliphatic rings. The van der Waals surface area contributed by atoms with Gasteiger partial charge in [0.25, 0.3) is 5.56 Å². The molecule has 4 heteroatoms. The number of benzene rings is 1. The fourth-order valence-electron chi connectivity index (χ4n) is 1.82. The first kappa shape index (κ1) is 11.9. The molecule has 0 bridgehead atoms. The Bertz CT molecular complexity index is 605. The Balaban J connectivity index is 2.70. The number of nitrogens with two attached hydrogens (primary N) is 1. The first-order chi connectivity index (χ1) is 8.11. The average Bonchev–Trinajstić information content (AvgIpc) is 2.27. The number of halogens is 1. The predicted molar refractivity (Wildman–Crippen MR) is 73.5 cm³/mol. The van der Waals surface area contributed by atoms with Crippen molar-refractivity contribution in [2.45, 2.75) is 13.3 Å². The molecule has 0 aliphatic heterocycles. The maximum Gasteiger partial charge on any atom is 0.257 e. The zero-order valence-corrected chi connectivity index (χ0v) is 11.1. The number of aromatic nitrogens is 1. The van der Waals surface area contributed by atoms with Crippen LogP contribution in [0.4, 0.5) is 5.69 Å². The highest BCUT2D eigenvalue weighted by atomic mass is 79.9. The molecule has 88 valence electrons. The molecule has 0 unspecified atom stereocenters. The van der Waals surface area contributed by atoms with Crippen LogP contribution in [0.5, 0.6) is 0 Å². The minimum absolute atomic E-state index is 0.0973. The van der Waals surface area contributed by atoms with Crippen LogP contribution in [0.2, 0.25) is 0 Å². The molecule has 0 radical (unpaired) electrons. The third kappa shape index (κ3) is 2.42. The van der Waals surface area contributed by atoms with Gasteiger partial charge in [-0.2, -0.15) is 0 Å². The van der Waals surface area contributed by atoms with Crippen molar-refractivity contribution in [3.8, 4) is 5.69 Å². The molecule has 0 saturated heterocycles. The normalized spacial score (nSPS) is 10.5. The molecule has 2 N–H and O–H groups in total. The van der Waals surface area contributed by atoms with Crippen molar-refractivity contribution in [1.29, 1.82) is 0 Å². The minimum Gasteiger partial charge on any atom is -0.399 e. The van der Waals surface area contributed by atoms with E-state index in [-0.39, 0.29) is 5.56 Å². The van der Waals surface area contributed by atoms with Gasteiger partial charge >= 0.3 is 0 Å². The highest BCUT2D eigenvalue weighted by molar-refractivity contribution is 9.10. The number of hydrogen-bond acceptors (Lipinski definition) is 2. The summed E-state index contributed by atoms with van der Waals surface area (Å²) in [6.45, 7) is 2.00. The molecule has 2 aromatic rings. The first-order valence-electron chi connectivity index (χ1n) is 5.39. The van der Waals surface area contributed by atoms with Crippen LogP contribution in [-0.2, 0) is 6.42 Å². The van der Waals surface area contributed by atoms with Crippen LogP contribution in [0.1, 0.15) is 12.6 Å². The van der Waals surface area contributed by atoms with Gasteiger partial charge in [0, 0.05) is 27.6 Å². The second-order valence-electron chi connectivity index (χ2n) is 3.79. The standard InChI is InChI=1S/C13H13BrN2O/c1-2-11-7-10(15)8-13(17)16(11)12-5-3-4-9(14)6-12/h3-8H,2,15H2,1H3. The molecule has 0 spiro atoms. The van der Waals surface area contributed by atoms with Crippen molar-refractivity contribution in [1.82, 2.24) is 4.57 Å². The van der Waals surface area contributed by atoms with E-state index in [0.717, 1.165) is 22.3 Å². The van der Waals surface area contributed by atoms with Crippen LogP contribution in [0.15, 0.2) is 45.7 Å². The third-order valence-electron chi connectivity index (χ3n) is 2.56. The molecular weight excluding hydrogens is 280 g/mol. The van der Waals surface area contributed by atoms with E-state index in [2.05, 4.69) is 15.9 Å². The zero-order chi connectivity index (χ0) is 12.4. The molecule has 1 aromatic heterocycles. The van der Waals surface area contributed by atoms with Crippen molar-refractivity contribution in [2.75, 3.05) is 5.73 Å². The van der Waals surface area contributed by atoms with E-state index in [9.17, 15) is 4.79 Å². The summed E-state index contributed by atoms with van der Waals surface area (Å²) in [6, 6.07) is 10.9. The van der Waals surface area contributed by atoms with Crippen LogP contribution in [-0.4, -0.2) is 4.57 Å². The predicted octanol–water partition coefficient (Wildman–Crippen LogP) is 2.74. The average molecular weight is 293 g/mol. The van der Waals surface area contributed by atoms with E-state index in [1.54, 1.807) is 4.57 Å². The van der Waals surface area contributed by atoms with Crippen LogP contribution in [0, 0.1) is 0 Å². The molecular formula is C13H13BrN2O. The Morgan fingerprint density at radius 3 is 2.71 bits per heavy atom. The lowest BCUT2D eigenvalue weighted by Gasteiger charge is -2.12. The lowest BCUT2D eigenvalue weighted by molar-refractivity contribution is 0.878. The summed E-state index contributed by atoms with van der Waals surface area (Å²) >= 11 is 3.40. The summed E-state index contributed by atoms with van der Waals surface area (Å²) in [7, 11) is 0. The smallest absolute Gasteiger partial charge is 0.257 e. The van der Waals surface area contributed by atoms with E-state index in [0.29, 0.717) is 5.69 Å². The maximum absolute atomic E-state index is 12.0. The minimum atomic E-state index is -0.0973. The number of hydrogen-bond donors (Lipinski definition) is 1. The van der Waals surface area contributed by atoms with Crippen molar-refractivity contribution < 1.29 is 0 Å². The number of nitrogens with zero attached hydrogens (tertiary/aromatic N) is 1. The number of rotatable bonds is 2. The lowest BCUT2D eigenvalue weighted by atomic mass is 10.2. The molecule has 17 heavy (non-hydrogen) atoms. The fraction of sp³-hybridized carbons (Fsp3) is 0.154. The van der Waals surface area contributed by atoms with Gasteiger partial charge in [-0.25, -0.2) is 0 Å². The Morgan fingerprint density at radius 2 is 2.06 bits per heavy atom. The van der Waals surface area contributed by atoms with Crippen molar-refractivity contribution >= 4 is 21.6 Å². The number of nitrogen functional groups attached to an aromatic ring is 1. The van der Waals surface area contributed by atoms with Gasteiger partial charge in [-0.3, -0.25) is 9.36 Å². The Kier molecular flexibility index (Phi) is 3.33.